The van der Waals surface area contributed by atoms with Crippen molar-refractivity contribution in [2.75, 3.05) is 26.2 Å². The van der Waals surface area contributed by atoms with Crippen molar-refractivity contribution >= 4 is 5.96 Å². The van der Waals surface area contributed by atoms with Gasteiger partial charge in [0.05, 0.1) is 6.10 Å². The molecule has 0 radical (unpaired) electrons. The molecule has 4 heteroatoms. The maximum atomic E-state index is 6.09. The minimum Gasteiger partial charge on any atom is -0.377 e. The number of nitrogens with zero attached hydrogens (tertiary/aromatic N) is 2. The van der Waals surface area contributed by atoms with Crippen molar-refractivity contribution in [3.05, 3.63) is 0 Å². The Morgan fingerprint density at radius 3 is 2.71 bits per heavy atom. The minimum absolute atomic E-state index is 0.426. The normalized spacial score (nSPS) is 37.9. The number of nitrogens with one attached hydrogen (secondary N) is 1. The lowest BCUT2D eigenvalue weighted by atomic mass is 9.54. The Morgan fingerprint density at radius 2 is 2.00 bits per heavy atom. The molecular weight excluding hydrogens is 262 g/mol. The molecule has 0 aromatic rings. The number of aliphatic imine (C=N–C) groups is 1. The van der Waals surface area contributed by atoms with Crippen molar-refractivity contribution in [2.45, 2.75) is 64.0 Å². The van der Waals surface area contributed by atoms with Crippen LogP contribution in [-0.2, 0) is 4.74 Å². The van der Waals surface area contributed by atoms with Crippen LogP contribution >= 0.6 is 0 Å². The number of fused-ring (bicyclic) bond motifs is 2. The van der Waals surface area contributed by atoms with E-state index >= 15 is 0 Å². The summed E-state index contributed by atoms with van der Waals surface area (Å²) in [6, 6.07) is 0.610. The van der Waals surface area contributed by atoms with E-state index in [-0.39, 0.29) is 0 Å². The molecule has 3 atom stereocenters. The maximum Gasteiger partial charge on any atom is 0.194 e. The molecule has 2 aliphatic carbocycles. The highest BCUT2D eigenvalue weighted by Crippen LogP contribution is 2.60. The Hall–Kier alpha value is -0.770. The van der Waals surface area contributed by atoms with Crippen molar-refractivity contribution in [1.29, 1.82) is 0 Å². The third kappa shape index (κ3) is 2.09. The molecule has 0 aromatic carbocycles. The molecule has 0 bridgehead atoms. The van der Waals surface area contributed by atoms with E-state index in [0.717, 1.165) is 19.1 Å². The van der Waals surface area contributed by atoms with Gasteiger partial charge in [0.2, 0.25) is 0 Å². The topological polar surface area (TPSA) is 36.9 Å². The molecule has 4 fully saturated rings. The van der Waals surface area contributed by atoms with Gasteiger partial charge in [-0.3, -0.25) is 4.99 Å². The van der Waals surface area contributed by atoms with Crippen LogP contribution in [0.5, 0.6) is 0 Å². The van der Waals surface area contributed by atoms with Crippen LogP contribution < -0.4 is 5.32 Å². The largest absolute Gasteiger partial charge is 0.377 e. The molecule has 2 aliphatic heterocycles. The van der Waals surface area contributed by atoms with Gasteiger partial charge in [0.15, 0.2) is 5.96 Å². The summed E-state index contributed by atoms with van der Waals surface area (Å²) in [5, 5.41) is 3.90. The SMILES string of the molecule is CCN=C(NC1C2CCOC2C12CCCC2)N1CCCC1. The zero-order valence-electron chi connectivity index (χ0n) is 13.3. The van der Waals surface area contributed by atoms with Gasteiger partial charge >= 0.3 is 0 Å². The zero-order valence-corrected chi connectivity index (χ0v) is 13.3. The van der Waals surface area contributed by atoms with Gasteiger partial charge in [0.25, 0.3) is 0 Å². The van der Waals surface area contributed by atoms with E-state index < -0.39 is 0 Å². The number of rotatable bonds is 2. The fourth-order valence-electron chi connectivity index (χ4n) is 5.36. The van der Waals surface area contributed by atoms with Crippen LogP contribution in [0, 0.1) is 11.3 Å². The van der Waals surface area contributed by atoms with Gasteiger partial charge in [-0.05, 0) is 39.0 Å². The third-order valence-electron chi connectivity index (χ3n) is 6.28. The predicted molar refractivity (Wildman–Crippen MR) is 84.5 cm³/mol. The Labute approximate surface area is 128 Å². The number of hydrogen-bond acceptors (Lipinski definition) is 2. The second kappa shape index (κ2) is 5.45. The smallest absolute Gasteiger partial charge is 0.194 e. The third-order valence-corrected chi connectivity index (χ3v) is 6.28. The maximum absolute atomic E-state index is 6.09. The second-order valence-electron chi connectivity index (χ2n) is 7.30. The molecule has 21 heavy (non-hydrogen) atoms. The highest BCUT2D eigenvalue weighted by atomic mass is 16.5. The number of ether oxygens (including phenoxy) is 1. The van der Waals surface area contributed by atoms with Crippen molar-refractivity contribution < 1.29 is 4.74 Å². The number of hydrogen-bond donors (Lipinski definition) is 1. The molecule has 2 saturated carbocycles. The Balaban J connectivity index is 1.52. The lowest BCUT2D eigenvalue weighted by Gasteiger charge is -2.57. The van der Waals surface area contributed by atoms with Crippen LogP contribution in [-0.4, -0.2) is 49.2 Å². The fraction of sp³-hybridized carbons (Fsp3) is 0.941. The second-order valence-corrected chi connectivity index (χ2v) is 7.30. The predicted octanol–water partition coefficient (Wildman–Crippen LogP) is 2.40. The molecule has 4 nitrogen and oxygen atoms in total. The molecule has 1 N–H and O–H groups in total. The van der Waals surface area contributed by atoms with Crippen molar-refractivity contribution in [1.82, 2.24) is 10.2 Å². The summed E-state index contributed by atoms with van der Waals surface area (Å²) in [6.07, 6.45) is 9.88. The van der Waals surface area contributed by atoms with Gasteiger partial charge in [0.1, 0.15) is 0 Å². The summed E-state index contributed by atoms with van der Waals surface area (Å²) >= 11 is 0. The van der Waals surface area contributed by atoms with E-state index in [4.69, 9.17) is 9.73 Å². The average Bonchev–Trinajstić information content (AvgIpc) is 3.23. The Kier molecular flexibility index (Phi) is 3.60. The first-order valence-electron chi connectivity index (χ1n) is 9.03. The van der Waals surface area contributed by atoms with Crippen LogP contribution in [0.15, 0.2) is 4.99 Å². The van der Waals surface area contributed by atoms with Gasteiger partial charge in [-0.15, -0.1) is 0 Å². The van der Waals surface area contributed by atoms with Crippen molar-refractivity contribution in [3.8, 4) is 0 Å². The van der Waals surface area contributed by atoms with E-state index in [9.17, 15) is 0 Å². The molecule has 118 valence electrons. The quantitative estimate of drug-likeness (QED) is 0.627. The summed E-state index contributed by atoms with van der Waals surface area (Å²) in [5.41, 5.74) is 0.426. The molecule has 2 heterocycles. The van der Waals surface area contributed by atoms with Crippen LogP contribution in [0.25, 0.3) is 0 Å². The van der Waals surface area contributed by atoms with Gasteiger partial charge in [-0.2, -0.15) is 0 Å². The van der Waals surface area contributed by atoms with Gasteiger partial charge in [-0.1, -0.05) is 12.8 Å². The highest BCUT2D eigenvalue weighted by molar-refractivity contribution is 5.81. The minimum atomic E-state index is 0.426. The summed E-state index contributed by atoms with van der Waals surface area (Å²) in [6.45, 7) is 6.35. The molecule has 1 spiro atoms. The first kappa shape index (κ1) is 13.9. The molecule has 4 aliphatic rings. The summed E-state index contributed by atoms with van der Waals surface area (Å²) in [4.78, 5) is 7.25. The summed E-state index contributed by atoms with van der Waals surface area (Å²) in [7, 11) is 0. The lowest BCUT2D eigenvalue weighted by molar-refractivity contribution is -0.125. The van der Waals surface area contributed by atoms with Crippen molar-refractivity contribution in [3.63, 3.8) is 0 Å². The van der Waals surface area contributed by atoms with E-state index in [2.05, 4.69) is 17.1 Å². The van der Waals surface area contributed by atoms with Crippen LogP contribution in [0.4, 0.5) is 0 Å². The lowest BCUT2D eigenvalue weighted by Crippen LogP contribution is -2.69. The molecule has 3 unspecified atom stereocenters. The van der Waals surface area contributed by atoms with E-state index in [0.29, 0.717) is 17.6 Å². The monoisotopic (exact) mass is 291 g/mol. The number of likely N-dealkylation sites (tertiary alicyclic amines) is 1. The summed E-state index contributed by atoms with van der Waals surface area (Å²) < 4.78 is 6.09. The first-order valence-corrected chi connectivity index (χ1v) is 9.03. The van der Waals surface area contributed by atoms with Gasteiger partial charge in [-0.25, -0.2) is 0 Å². The summed E-state index contributed by atoms with van der Waals surface area (Å²) in [5.74, 6) is 1.91. The van der Waals surface area contributed by atoms with Gasteiger partial charge < -0.3 is 15.0 Å². The standard InChI is InChI=1S/C17H29N3O/c1-2-18-16(20-10-5-6-11-20)19-14-13-7-12-21-15(13)17(14)8-3-4-9-17/h13-15H,2-12H2,1H3,(H,18,19). The molecule has 0 amide bonds. The molecule has 2 saturated heterocycles. The molecular formula is C17H29N3O. The van der Waals surface area contributed by atoms with Crippen LogP contribution in [0.3, 0.4) is 0 Å². The average molecular weight is 291 g/mol. The zero-order chi connectivity index (χ0) is 14.3. The van der Waals surface area contributed by atoms with E-state index in [1.807, 2.05) is 0 Å². The van der Waals surface area contributed by atoms with Crippen LogP contribution in [0.1, 0.15) is 51.9 Å². The highest BCUT2D eigenvalue weighted by Gasteiger charge is 2.65. The van der Waals surface area contributed by atoms with Crippen molar-refractivity contribution in [2.24, 2.45) is 16.3 Å². The Morgan fingerprint density at radius 1 is 1.24 bits per heavy atom. The van der Waals surface area contributed by atoms with Crippen LogP contribution in [0.2, 0.25) is 0 Å². The van der Waals surface area contributed by atoms with E-state index in [1.165, 1.54) is 64.0 Å². The van der Waals surface area contributed by atoms with Gasteiger partial charge in [0, 0.05) is 43.6 Å². The number of guanidine groups is 1. The first-order chi connectivity index (χ1) is 10.3. The molecule has 0 aromatic heterocycles. The molecule has 4 rings (SSSR count). The fourth-order valence-corrected chi connectivity index (χ4v) is 5.36. The Bertz CT molecular complexity index is 410. The van der Waals surface area contributed by atoms with E-state index in [1.54, 1.807) is 0 Å².